The molecule has 2 N–H and O–H groups in total. The third-order valence-corrected chi connectivity index (χ3v) is 4.31. The molecule has 8 heteroatoms. The van der Waals surface area contributed by atoms with Crippen molar-refractivity contribution in [3.63, 3.8) is 0 Å². The molecule has 0 fully saturated rings. The van der Waals surface area contributed by atoms with Gasteiger partial charge < -0.3 is 15.2 Å². The van der Waals surface area contributed by atoms with Crippen LogP contribution in [-0.2, 0) is 16.6 Å². The molecule has 0 radical (unpaired) electrons. The van der Waals surface area contributed by atoms with Crippen LogP contribution in [0.5, 0.6) is 0 Å². The molecule has 1 aromatic heterocycles. The van der Waals surface area contributed by atoms with Gasteiger partial charge in [-0.15, -0.1) is 10.2 Å². The molecule has 1 aromatic carbocycles. The van der Waals surface area contributed by atoms with Crippen molar-refractivity contribution < 1.29 is 9.59 Å². The second-order valence-electron chi connectivity index (χ2n) is 5.10. The maximum Gasteiger partial charge on any atom is 0.237 e. The lowest BCUT2D eigenvalue weighted by molar-refractivity contribution is -0.115. The van der Waals surface area contributed by atoms with Gasteiger partial charge in [0.15, 0.2) is 5.16 Å². The standard InChI is InChI=1S/C15H19N5O2S/c1-9(23-15-19-18-10(2)20(15)4)14(22)17-13-7-5-12(6-8-13)16-11(3)21/h5-9H,1-4H3,(H,16,21)(H,17,22). The van der Waals surface area contributed by atoms with E-state index in [1.807, 2.05) is 25.5 Å². The van der Waals surface area contributed by atoms with E-state index < -0.39 is 0 Å². The van der Waals surface area contributed by atoms with Crippen LogP contribution in [0.1, 0.15) is 19.7 Å². The third-order valence-electron chi connectivity index (χ3n) is 3.18. The van der Waals surface area contributed by atoms with Crippen LogP contribution in [0.2, 0.25) is 0 Å². The Morgan fingerprint density at radius 2 is 1.70 bits per heavy atom. The number of thioether (sulfide) groups is 1. The molecule has 2 aromatic rings. The number of carbonyl (C=O) groups is 2. The van der Waals surface area contributed by atoms with Crippen molar-refractivity contribution in [2.24, 2.45) is 7.05 Å². The summed E-state index contributed by atoms with van der Waals surface area (Å²) >= 11 is 1.35. The lowest BCUT2D eigenvalue weighted by atomic mass is 10.2. The van der Waals surface area contributed by atoms with Crippen LogP contribution >= 0.6 is 11.8 Å². The van der Waals surface area contributed by atoms with Crippen molar-refractivity contribution in [3.8, 4) is 0 Å². The largest absolute Gasteiger partial charge is 0.326 e. The monoisotopic (exact) mass is 333 g/mol. The second kappa shape index (κ2) is 7.28. The van der Waals surface area contributed by atoms with Crippen LogP contribution < -0.4 is 10.6 Å². The molecule has 0 aliphatic rings. The van der Waals surface area contributed by atoms with Gasteiger partial charge in [0.2, 0.25) is 11.8 Å². The Balaban J connectivity index is 1.95. The zero-order valence-electron chi connectivity index (χ0n) is 13.5. The molecule has 2 rings (SSSR count). The summed E-state index contributed by atoms with van der Waals surface area (Å²) in [6.45, 7) is 5.12. The molecule has 0 aliphatic heterocycles. The molecule has 122 valence electrons. The first kappa shape index (κ1) is 17.0. The Labute approximate surface area is 138 Å². The van der Waals surface area contributed by atoms with Gasteiger partial charge in [0.05, 0.1) is 5.25 Å². The minimum Gasteiger partial charge on any atom is -0.326 e. The van der Waals surface area contributed by atoms with Crippen LogP contribution in [0.4, 0.5) is 11.4 Å². The van der Waals surface area contributed by atoms with Gasteiger partial charge in [-0.3, -0.25) is 9.59 Å². The molecule has 0 spiro atoms. The highest BCUT2D eigenvalue weighted by Gasteiger charge is 2.18. The molecule has 2 amide bonds. The number of carbonyl (C=O) groups excluding carboxylic acids is 2. The quantitative estimate of drug-likeness (QED) is 0.819. The molecule has 1 heterocycles. The van der Waals surface area contributed by atoms with E-state index in [9.17, 15) is 9.59 Å². The fourth-order valence-electron chi connectivity index (χ4n) is 1.79. The number of rotatable bonds is 5. The number of benzene rings is 1. The van der Waals surface area contributed by atoms with Crippen LogP contribution in [-0.4, -0.2) is 31.8 Å². The Kier molecular flexibility index (Phi) is 5.38. The molecule has 0 aliphatic carbocycles. The highest BCUT2D eigenvalue weighted by molar-refractivity contribution is 8.00. The van der Waals surface area contributed by atoms with Crippen LogP contribution in [0.3, 0.4) is 0 Å². The van der Waals surface area contributed by atoms with Gasteiger partial charge in [-0.05, 0) is 38.1 Å². The van der Waals surface area contributed by atoms with Gasteiger partial charge in [0.25, 0.3) is 0 Å². The Morgan fingerprint density at radius 3 is 2.17 bits per heavy atom. The fraction of sp³-hybridized carbons (Fsp3) is 0.333. The van der Waals surface area contributed by atoms with Crippen molar-refractivity contribution >= 4 is 35.0 Å². The molecule has 0 bridgehead atoms. The van der Waals surface area contributed by atoms with Crippen LogP contribution in [0.25, 0.3) is 0 Å². The summed E-state index contributed by atoms with van der Waals surface area (Å²) in [5, 5.41) is 13.9. The van der Waals surface area contributed by atoms with Gasteiger partial charge >= 0.3 is 0 Å². The maximum atomic E-state index is 12.2. The third kappa shape index (κ3) is 4.56. The number of nitrogens with one attached hydrogen (secondary N) is 2. The van der Waals surface area contributed by atoms with E-state index in [2.05, 4.69) is 20.8 Å². The number of nitrogens with zero attached hydrogens (tertiary/aromatic N) is 3. The summed E-state index contributed by atoms with van der Waals surface area (Å²) in [5.41, 5.74) is 1.36. The highest BCUT2D eigenvalue weighted by atomic mass is 32.2. The molecular weight excluding hydrogens is 314 g/mol. The zero-order valence-corrected chi connectivity index (χ0v) is 14.3. The molecule has 0 saturated heterocycles. The summed E-state index contributed by atoms with van der Waals surface area (Å²) < 4.78 is 1.84. The second-order valence-corrected chi connectivity index (χ2v) is 6.40. The van der Waals surface area contributed by atoms with E-state index in [1.165, 1.54) is 18.7 Å². The minimum atomic E-state index is -0.313. The smallest absolute Gasteiger partial charge is 0.237 e. The zero-order chi connectivity index (χ0) is 17.0. The van der Waals surface area contributed by atoms with E-state index in [4.69, 9.17) is 0 Å². The van der Waals surface area contributed by atoms with Crippen molar-refractivity contribution in [2.75, 3.05) is 10.6 Å². The van der Waals surface area contributed by atoms with Crippen molar-refractivity contribution in [3.05, 3.63) is 30.1 Å². The number of amides is 2. The van der Waals surface area contributed by atoms with Gasteiger partial charge in [-0.25, -0.2) is 0 Å². The lowest BCUT2D eigenvalue weighted by Gasteiger charge is -2.12. The summed E-state index contributed by atoms with van der Waals surface area (Å²) in [4.78, 5) is 23.2. The number of hydrogen-bond donors (Lipinski definition) is 2. The van der Waals surface area contributed by atoms with Crippen LogP contribution in [0.15, 0.2) is 29.4 Å². The number of hydrogen-bond acceptors (Lipinski definition) is 5. The fourth-order valence-corrected chi connectivity index (χ4v) is 2.65. The van der Waals surface area contributed by atoms with Gasteiger partial charge in [-0.2, -0.15) is 0 Å². The predicted octanol–water partition coefficient (Wildman–Crippen LogP) is 2.20. The van der Waals surface area contributed by atoms with Gasteiger partial charge in [0, 0.05) is 25.3 Å². The minimum absolute atomic E-state index is 0.122. The normalized spacial score (nSPS) is 11.8. The molecular formula is C15H19N5O2S. The molecule has 7 nitrogen and oxygen atoms in total. The van der Waals surface area contributed by atoms with Gasteiger partial charge in [0.1, 0.15) is 5.82 Å². The Bertz CT molecular complexity index is 711. The van der Waals surface area contributed by atoms with Crippen molar-refractivity contribution in [2.45, 2.75) is 31.2 Å². The van der Waals surface area contributed by atoms with E-state index in [1.54, 1.807) is 24.3 Å². The maximum absolute atomic E-state index is 12.2. The van der Waals surface area contributed by atoms with E-state index >= 15 is 0 Å². The molecule has 1 unspecified atom stereocenters. The van der Waals surface area contributed by atoms with Crippen molar-refractivity contribution in [1.29, 1.82) is 0 Å². The number of aromatic nitrogens is 3. The summed E-state index contributed by atoms with van der Waals surface area (Å²) in [6, 6.07) is 6.96. The lowest BCUT2D eigenvalue weighted by Crippen LogP contribution is -2.22. The number of anilines is 2. The molecule has 23 heavy (non-hydrogen) atoms. The van der Waals surface area contributed by atoms with E-state index in [0.29, 0.717) is 16.5 Å². The average Bonchev–Trinajstić information content (AvgIpc) is 2.80. The predicted molar refractivity (Wildman–Crippen MR) is 90.4 cm³/mol. The Hall–Kier alpha value is -2.35. The average molecular weight is 333 g/mol. The van der Waals surface area contributed by atoms with Crippen molar-refractivity contribution in [1.82, 2.24) is 14.8 Å². The first-order valence-corrected chi connectivity index (χ1v) is 7.96. The summed E-state index contributed by atoms with van der Waals surface area (Å²) in [6.07, 6.45) is 0. The molecule has 1 atom stereocenters. The topological polar surface area (TPSA) is 88.9 Å². The number of aryl methyl sites for hydroxylation is 1. The highest BCUT2D eigenvalue weighted by Crippen LogP contribution is 2.22. The first-order chi connectivity index (χ1) is 10.9. The summed E-state index contributed by atoms with van der Waals surface area (Å²) in [5.74, 6) is 0.544. The Morgan fingerprint density at radius 1 is 1.13 bits per heavy atom. The summed E-state index contributed by atoms with van der Waals surface area (Å²) in [7, 11) is 1.86. The van der Waals surface area contributed by atoms with Crippen LogP contribution in [0, 0.1) is 6.92 Å². The first-order valence-electron chi connectivity index (χ1n) is 7.08. The van der Waals surface area contributed by atoms with E-state index in [-0.39, 0.29) is 17.1 Å². The SMILES string of the molecule is CC(=O)Nc1ccc(NC(=O)C(C)Sc2nnc(C)n2C)cc1. The van der Waals surface area contributed by atoms with Gasteiger partial charge in [-0.1, -0.05) is 11.8 Å². The van der Waals surface area contributed by atoms with E-state index in [0.717, 1.165) is 5.82 Å². The molecule has 0 saturated carbocycles.